The number of aromatic nitrogens is 3. The second kappa shape index (κ2) is 11.6. The Balaban J connectivity index is 1.22. The number of nitrogens with two attached hydrogens (primary N) is 2. The van der Waals surface area contributed by atoms with E-state index in [4.69, 9.17) is 16.5 Å². The first-order valence-electron chi connectivity index (χ1n) is 13.2. The number of para-hydroxylation sites is 2. The van der Waals surface area contributed by atoms with Crippen LogP contribution in [0.2, 0.25) is 0 Å². The van der Waals surface area contributed by atoms with Gasteiger partial charge in [0.25, 0.3) is 0 Å². The van der Waals surface area contributed by atoms with Crippen molar-refractivity contribution < 1.29 is 9.59 Å². The van der Waals surface area contributed by atoms with E-state index in [9.17, 15) is 9.59 Å². The number of amides is 2. The predicted molar refractivity (Wildman–Crippen MR) is 148 cm³/mol. The highest BCUT2D eigenvalue weighted by Crippen LogP contribution is 2.30. The number of carbonyl (C=O) groups is 2. The van der Waals surface area contributed by atoms with Crippen molar-refractivity contribution >= 4 is 22.8 Å². The van der Waals surface area contributed by atoms with E-state index in [2.05, 4.69) is 33.8 Å². The molecule has 3 heterocycles. The highest BCUT2D eigenvalue weighted by atomic mass is 16.2. The van der Waals surface area contributed by atoms with Crippen LogP contribution in [0.4, 0.5) is 0 Å². The van der Waals surface area contributed by atoms with Gasteiger partial charge in [0.15, 0.2) is 0 Å². The van der Waals surface area contributed by atoms with E-state index in [-0.39, 0.29) is 30.2 Å². The largest absolute Gasteiger partial charge is 0.370 e. The van der Waals surface area contributed by atoms with Crippen LogP contribution >= 0.6 is 0 Å². The number of rotatable bonds is 9. The summed E-state index contributed by atoms with van der Waals surface area (Å²) in [6.45, 7) is 1.82. The first-order valence-corrected chi connectivity index (χ1v) is 13.2. The summed E-state index contributed by atoms with van der Waals surface area (Å²) in [4.78, 5) is 35.6. The number of piperidine rings is 1. The van der Waals surface area contributed by atoms with Gasteiger partial charge in [-0.05, 0) is 60.2 Å². The summed E-state index contributed by atoms with van der Waals surface area (Å²) in [6, 6.07) is 20.0. The molecule has 0 saturated carbocycles. The fourth-order valence-electron chi connectivity index (χ4n) is 5.38. The quantitative estimate of drug-likeness (QED) is 0.356. The maximum atomic E-state index is 13.2. The van der Waals surface area contributed by atoms with Gasteiger partial charge in [0.2, 0.25) is 11.8 Å². The van der Waals surface area contributed by atoms with Crippen LogP contribution in [0.1, 0.15) is 43.0 Å². The van der Waals surface area contributed by atoms with Crippen LogP contribution in [0.25, 0.3) is 22.2 Å². The van der Waals surface area contributed by atoms with Crippen molar-refractivity contribution in [3.63, 3.8) is 0 Å². The smallest absolute Gasteiger partial charge is 0.224 e. The minimum absolute atomic E-state index is 0.0791. The molecule has 8 nitrogen and oxygen atoms in total. The number of imidazole rings is 1. The van der Waals surface area contributed by atoms with E-state index in [1.807, 2.05) is 41.3 Å². The third-order valence-electron chi connectivity index (χ3n) is 7.31. The summed E-state index contributed by atoms with van der Waals surface area (Å²) >= 11 is 0. The van der Waals surface area contributed by atoms with Gasteiger partial charge >= 0.3 is 0 Å². The number of fused-ring (bicyclic) bond motifs is 1. The lowest BCUT2D eigenvalue weighted by molar-refractivity contribution is -0.132. The fourth-order valence-corrected chi connectivity index (χ4v) is 5.38. The molecule has 1 saturated heterocycles. The number of primary amides is 1. The summed E-state index contributed by atoms with van der Waals surface area (Å²) < 4.78 is 2.10. The second-order valence-corrected chi connectivity index (χ2v) is 10.1. The van der Waals surface area contributed by atoms with Crippen molar-refractivity contribution in [3.05, 3.63) is 84.4 Å². The summed E-state index contributed by atoms with van der Waals surface area (Å²) in [5.41, 5.74) is 17.1. The minimum Gasteiger partial charge on any atom is -0.370 e. The van der Waals surface area contributed by atoms with Gasteiger partial charge in [0.1, 0.15) is 5.82 Å². The van der Waals surface area contributed by atoms with E-state index >= 15 is 0 Å². The first kappa shape index (κ1) is 25.6. The van der Waals surface area contributed by atoms with Crippen LogP contribution in [0.3, 0.4) is 0 Å². The summed E-state index contributed by atoms with van der Waals surface area (Å²) in [5, 5.41) is 0. The molecule has 2 aromatic carbocycles. The van der Waals surface area contributed by atoms with Crippen molar-refractivity contribution in [2.45, 2.75) is 50.6 Å². The zero-order valence-electron chi connectivity index (χ0n) is 21.5. The number of hydrogen-bond donors (Lipinski definition) is 2. The number of likely N-dealkylation sites (tertiary alicyclic amines) is 1. The van der Waals surface area contributed by atoms with Crippen molar-refractivity contribution in [2.24, 2.45) is 11.5 Å². The topological polar surface area (TPSA) is 120 Å². The fraction of sp³-hybridized carbons (Fsp3) is 0.333. The number of pyridine rings is 1. The normalized spacial score (nSPS) is 16.4. The monoisotopic (exact) mass is 510 g/mol. The molecule has 4 aromatic rings. The zero-order valence-corrected chi connectivity index (χ0v) is 21.5. The average molecular weight is 511 g/mol. The van der Waals surface area contributed by atoms with Crippen LogP contribution in [-0.4, -0.2) is 50.4 Å². The Labute approximate surface area is 222 Å². The molecule has 1 aliphatic heterocycles. The summed E-state index contributed by atoms with van der Waals surface area (Å²) in [5.74, 6) is 0.763. The van der Waals surface area contributed by atoms with Crippen molar-refractivity contribution in [2.75, 3.05) is 13.1 Å². The average Bonchev–Trinajstić information content (AvgIpc) is 3.31. The van der Waals surface area contributed by atoms with Gasteiger partial charge in [-0.15, -0.1) is 0 Å². The predicted octanol–water partition coefficient (Wildman–Crippen LogP) is 3.64. The minimum atomic E-state index is -0.338. The molecule has 196 valence electrons. The molecular formula is C30H34N6O2. The van der Waals surface area contributed by atoms with Crippen LogP contribution in [0.5, 0.6) is 0 Å². The molecule has 4 N–H and O–H groups in total. The van der Waals surface area contributed by atoms with E-state index in [0.717, 1.165) is 52.9 Å². The molecule has 0 radical (unpaired) electrons. The van der Waals surface area contributed by atoms with Gasteiger partial charge in [-0.25, -0.2) is 4.98 Å². The molecule has 2 amide bonds. The van der Waals surface area contributed by atoms with Gasteiger partial charge in [-0.3, -0.25) is 14.6 Å². The Morgan fingerprint density at radius 2 is 1.74 bits per heavy atom. The lowest BCUT2D eigenvalue weighted by Gasteiger charge is -2.33. The van der Waals surface area contributed by atoms with Crippen molar-refractivity contribution in [1.82, 2.24) is 19.4 Å². The van der Waals surface area contributed by atoms with Crippen LogP contribution in [0, 0.1) is 0 Å². The van der Waals surface area contributed by atoms with Gasteiger partial charge in [0, 0.05) is 56.8 Å². The molecule has 8 heteroatoms. The van der Waals surface area contributed by atoms with Crippen LogP contribution in [0.15, 0.2) is 73.1 Å². The van der Waals surface area contributed by atoms with Gasteiger partial charge in [-0.1, -0.05) is 36.4 Å². The second-order valence-electron chi connectivity index (χ2n) is 10.1. The van der Waals surface area contributed by atoms with Gasteiger partial charge < -0.3 is 20.9 Å². The Morgan fingerprint density at radius 1 is 1.00 bits per heavy atom. The van der Waals surface area contributed by atoms with E-state index in [0.29, 0.717) is 25.9 Å². The van der Waals surface area contributed by atoms with Gasteiger partial charge in [0.05, 0.1) is 11.0 Å². The summed E-state index contributed by atoms with van der Waals surface area (Å²) in [7, 11) is 0. The first-order chi connectivity index (χ1) is 18.5. The standard InChI is InChI=1S/C30H34N6O2/c31-25(18-21-7-9-22(10-8-21)23-11-14-33-15-12-23)19-29(38)35-16-3-4-24(20-35)30-34-26-5-1-2-6-27(26)36(30)17-13-28(32)37/h1-2,5-12,14-15,24-25H,3-4,13,16-20,31H2,(H2,32,37). The van der Waals surface area contributed by atoms with E-state index < -0.39 is 0 Å². The molecule has 0 aliphatic carbocycles. The SMILES string of the molecule is NC(=O)CCn1c(C2CCCN(C(=O)CC(N)Cc3ccc(-c4ccncc4)cc3)C2)nc2ccccc21. The number of benzene rings is 2. The van der Waals surface area contributed by atoms with Crippen molar-refractivity contribution in [3.8, 4) is 11.1 Å². The lowest BCUT2D eigenvalue weighted by Crippen LogP contribution is -2.42. The van der Waals surface area contributed by atoms with E-state index in [1.165, 1.54) is 0 Å². The molecule has 5 rings (SSSR count). The Hall–Kier alpha value is -4.04. The van der Waals surface area contributed by atoms with Crippen LogP contribution in [-0.2, 0) is 22.6 Å². The zero-order chi connectivity index (χ0) is 26.5. The molecule has 2 atom stereocenters. The maximum Gasteiger partial charge on any atom is 0.224 e. The molecule has 0 spiro atoms. The summed E-state index contributed by atoms with van der Waals surface area (Å²) in [6.07, 6.45) is 6.61. The molecule has 1 aliphatic rings. The molecule has 38 heavy (non-hydrogen) atoms. The third kappa shape index (κ3) is 5.92. The van der Waals surface area contributed by atoms with Crippen LogP contribution < -0.4 is 11.5 Å². The molecule has 2 aromatic heterocycles. The Kier molecular flexibility index (Phi) is 7.79. The molecule has 2 unspecified atom stereocenters. The number of carbonyl (C=O) groups excluding carboxylic acids is 2. The third-order valence-corrected chi connectivity index (χ3v) is 7.31. The number of nitrogens with zero attached hydrogens (tertiary/aromatic N) is 4. The lowest BCUT2D eigenvalue weighted by atomic mass is 9.95. The molecular weight excluding hydrogens is 476 g/mol. The Bertz CT molecular complexity index is 1400. The number of hydrogen-bond acceptors (Lipinski definition) is 5. The Morgan fingerprint density at radius 3 is 2.50 bits per heavy atom. The van der Waals surface area contributed by atoms with Gasteiger partial charge in [-0.2, -0.15) is 0 Å². The molecule has 1 fully saturated rings. The highest BCUT2D eigenvalue weighted by Gasteiger charge is 2.29. The molecule has 0 bridgehead atoms. The maximum absolute atomic E-state index is 13.2. The van der Waals surface area contributed by atoms with E-state index in [1.54, 1.807) is 12.4 Å². The van der Waals surface area contributed by atoms with Crippen molar-refractivity contribution in [1.29, 1.82) is 0 Å². The number of aryl methyl sites for hydroxylation is 1. The highest BCUT2D eigenvalue weighted by molar-refractivity contribution is 5.78.